The van der Waals surface area contributed by atoms with Gasteiger partial charge < -0.3 is 4.74 Å². The van der Waals surface area contributed by atoms with Gasteiger partial charge in [-0.15, -0.1) is 0 Å². The van der Waals surface area contributed by atoms with Crippen LogP contribution in [0, 0.1) is 0 Å². The average Bonchev–Trinajstić information content (AvgIpc) is 1.97. The molecule has 0 fully saturated rings. The number of alkyl halides is 1. The third-order valence-electron chi connectivity index (χ3n) is 1.38. The Bertz CT molecular complexity index is 124. The van der Waals surface area contributed by atoms with E-state index in [0.29, 0.717) is 6.42 Å². The third kappa shape index (κ3) is 8.30. The first-order chi connectivity index (χ1) is 5.66. The van der Waals surface area contributed by atoms with E-state index in [0.717, 1.165) is 12.8 Å². The van der Waals surface area contributed by atoms with E-state index in [9.17, 15) is 4.79 Å². The van der Waals surface area contributed by atoms with Crippen LogP contribution in [0.15, 0.2) is 0 Å². The smallest absolute Gasteiger partial charge is 0.306 e. The van der Waals surface area contributed by atoms with E-state index >= 15 is 0 Å². The number of unbranched alkanes of at least 4 members (excludes halogenated alkanes) is 2. The number of hydrogen-bond acceptors (Lipinski definition) is 2. The molecule has 0 spiro atoms. The van der Waals surface area contributed by atoms with Crippen molar-refractivity contribution in [1.29, 1.82) is 0 Å². The van der Waals surface area contributed by atoms with Gasteiger partial charge in [-0.25, -0.2) is 0 Å². The van der Waals surface area contributed by atoms with E-state index in [1.165, 1.54) is 10.8 Å². The van der Waals surface area contributed by atoms with Crippen LogP contribution in [0.1, 0.15) is 39.5 Å². The Hall–Kier alpha value is 0.200. The van der Waals surface area contributed by atoms with Gasteiger partial charge >= 0.3 is 5.97 Å². The largest absolute Gasteiger partial charge is 0.463 e. The molecule has 2 nitrogen and oxygen atoms in total. The van der Waals surface area contributed by atoms with Crippen molar-refractivity contribution < 1.29 is 9.53 Å². The fourth-order valence-electron chi connectivity index (χ4n) is 0.862. The molecule has 12 heavy (non-hydrogen) atoms. The SMILES string of the molecule is CC(C)OC(=O)CCCCCI. The van der Waals surface area contributed by atoms with E-state index in [2.05, 4.69) is 22.6 Å². The summed E-state index contributed by atoms with van der Waals surface area (Å²) in [7, 11) is 0. The summed E-state index contributed by atoms with van der Waals surface area (Å²) in [6.07, 6.45) is 3.91. The van der Waals surface area contributed by atoms with Gasteiger partial charge in [0, 0.05) is 6.42 Å². The van der Waals surface area contributed by atoms with E-state index in [1.54, 1.807) is 0 Å². The molecular formula is C9H17IO2. The first-order valence-corrected chi connectivity index (χ1v) is 5.95. The van der Waals surface area contributed by atoms with E-state index in [-0.39, 0.29) is 12.1 Å². The lowest BCUT2D eigenvalue weighted by Gasteiger charge is -2.06. The zero-order chi connectivity index (χ0) is 9.40. The summed E-state index contributed by atoms with van der Waals surface area (Å²) in [5, 5.41) is 0. The summed E-state index contributed by atoms with van der Waals surface area (Å²) in [6, 6.07) is 0. The van der Waals surface area contributed by atoms with Gasteiger partial charge in [0.2, 0.25) is 0 Å². The van der Waals surface area contributed by atoms with Gasteiger partial charge in [0.05, 0.1) is 6.10 Å². The zero-order valence-corrected chi connectivity index (χ0v) is 9.96. The highest BCUT2D eigenvalue weighted by molar-refractivity contribution is 14.1. The predicted octanol–water partition coefficient (Wildman–Crippen LogP) is 2.93. The Balaban J connectivity index is 3.20. The van der Waals surface area contributed by atoms with Crippen molar-refractivity contribution in [3.05, 3.63) is 0 Å². The molecule has 0 rings (SSSR count). The fourth-order valence-corrected chi connectivity index (χ4v) is 1.40. The van der Waals surface area contributed by atoms with Crippen molar-refractivity contribution in [2.45, 2.75) is 45.6 Å². The highest BCUT2D eigenvalue weighted by atomic mass is 127. The molecule has 0 N–H and O–H groups in total. The number of rotatable bonds is 6. The summed E-state index contributed by atoms with van der Waals surface area (Å²) >= 11 is 2.35. The monoisotopic (exact) mass is 284 g/mol. The van der Waals surface area contributed by atoms with Gasteiger partial charge in [0.15, 0.2) is 0 Å². The molecule has 0 aromatic heterocycles. The van der Waals surface area contributed by atoms with Gasteiger partial charge in [0.25, 0.3) is 0 Å². The minimum Gasteiger partial charge on any atom is -0.463 e. The molecule has 0 aliphatic heterocycles. The average molecular weight is 284 g/mol. The van der Waals surface area contributed by atoms with Gasteiger partial charge in [0.1, 0.15) is 0 Å². The minimum atomic E-state index is -0.0570. The molecule has 0 heterocycles. The second-order valence-electron chi connectivity index (χ2n) is 3.04. The number of esters is 1. The molecule has 0 saturated heterocycles. The normalized spacial score (nSPS) is 10.3. The molecule has 0 bridgehead atoms. The summed E-state index contributed by atoms with van der Waals surface area (Å²) in [5.74, 6) is -0.0570. The highest BCUT2D eigenvalue weighted by Gasteiger charge is 2.03. The van der Waals surface area contributed by atoms with Crippen LogP contribution in [0.3, 0.4) is 0 Å². The summed E-state index contributed by atoms with van der Waals surface area (Å²) in [6.45, 7) is 3.76. The van der Waals surface area contributed by atoms with Crippen molar-refractivity contribution >= 4 is 28.6 Å². The van der Waals surface area contributed by atoms with Crippen molar-refractivity contribution in [1.82, 2.24) is 0 Å². The van der Waals surface area contributed by atoms with E-state index < -0.39 is 0 Å². The first kappa shape index (κ1) is 12.2. The van der Waals surface area contributed by atoms with Gasteiger partial charge in [-0.05, 0) is 31.1 Å². The Labute approximate surface area is 88.2 Å². The highest BCUT2D eigenvalue weighted by Crippen LogP contribution is 2.04. The number of carbonyl (C=O) groups excluding carboxylic acids is 1. The van der Waals surface area contributed by atoms with Crippen molar-refractivity contribution in [3.8, 4) is 0 Å². The molecule has 0 aromatic rings. The maximum absolute atomic E-state index is 11.0. The molecule has 72 valence electrons. The number of ether oxygens (including phenoxy) is 1. The van der Waals surface area contributed by atoms with Crippen LogP contribution in [0.4, 0.5) is 0 Å². The lowest BCUT2D eigenvalue weighted by Crippen LogP contribution is -2.10. The Morgan fingerprint density at radius 2 is 2.00 bits per heavy atom. The molecule has 0 aliphatic rings. The zero-order valence-electron chi connectivity index (χ0n) is 7.81. The second-order valence-corrected chi connectivity index (χ2v) is 4.12. The molecule has 0 amide bonds. The molecule has 0 unspecified atom stereocenters. The molecule has 0 aliphatic carbocycles. The predicted molar refractivity (Wildman–Crippen MR) is 58.6 cm³/mol. The van der Waals surface area contributed by atoms with Crippen LogP contribution in [0.2, 0.25) is 0 Å². The molecule has 0 radical (unpaired) electrons. The molecule has 0 atom stereocenters. The maximum atomic E-state index is 11.0. The summed E-state index contributed by atoms with van der Waals surface area (Å²) in [5.41, 5.74) is 0. The van der Waals surface area contributed by atoms with Crippen LogP contribution in [-0.2, 0) is 9.53 Å². The van der Waals surface area contributed by atoms with Gasteiger partial charge in [-0.2, -0.15) is 0 Å². The Kier molecular flexibility index (Phi) is 7.96. The minimum absolute atomic E-state index is 0.0297. The second kappa shape index (κ2) is 7.83. The topological polar surface area (TPSA) is 26.3 Å². The third-order valence-corrected chi connectivity index (χ3v) is 2.14. The summed E-state index contributed by atoms with van der Waals surface area (Å²) in [4.78, 5) is 11.0. The fraction of sp³-hybridized carbons (Fsp3) is 0.889. The van der Waals surface area contributed by atoms with Crippen LogP contribution in [0.5, 0.6) is 0 Å². The maximum Gasteiger partial charge on any atom is 0.306 e. The van der Waals surface area contributed by atoms with Crippen LogP contribution in [0.25, 0.3) is 0 Å². The lowest BCUT2D eigenvalue weighted by molar-refractivity contribution is -0.147. The molecule has 0 aromatic carbocycles. The summed E-state index contributed by atoms with van der Waals surface area (Å²) < 4.78 is 6.17. The number of hydrogen-bond donors (Lipinski definition) is 0. The first-order valence-electron chi connectivity index (χ1n) is 4.42. The van der Waals surface area contributed by atoms with Crippen molar-refractivity contribution in [2.75, 3.05) is 4.43 Å². The standard InChI is InChI=1S/C9H17IO2/c1-8(2)12-9(11)6-4-3-5-7-10/h8H,3-7H2,1-2H3. The van der Waals surface area contributed by atoms with Crippen molar-refractivity contribution in [2.24, 2.45) is 0 Å². The number of halogens is 1. The quantitative estimate of drug-likeness (QED) is 0.324. The molecule has 3 heteroatoms. The Morgan fingerprint density at radius 3 is 2.50 bits per heavy atom. The van der Waals surface area contributed by atoms with Crippen LogP contribution in [-0.4, -0.2) is 16.5 Å². The Morgan fingerprint density at radius 1 is 1.33 bits per heavy atom. The van der Waals surface area contributed by atoms with Crippen LogP contribution < -0.4 is 0 Å². The lowest BCUT2D eigenvalue weighted by atomic mass is 10.2. The van der Waals surface area contributed by atoms with Gasteiger partial charge in [-0.1, -0.05) is 29.0 Å². The van der Waals surface area contributed by atoms with Crippen molar-refractivity contribution in [3.63, 3.8) is 0 Å². The van der Waals surface area contributed by atoms with Gasteiger partial charge in [-0.3, -0.25) is 4.79 Å². The van der Waals surface area contributed by atoms with E-state index in [4.69, 9.17) is 4.74 Å². The van der Waals surface area contributed by atoms with E-state index in [1.807, 2.05) is 13.8 Å². The van der Waals surface area contributed by atoms with Crippen LogP contribution >= 0.6 is 22.6 Å². The molecule has 0 saturated carbocycles. The molecular weight excluding hydrogens is 267 g/mol. The number of carbonyl (C=O) groups is 1.